The van der Waals surface area contributed by atoms with Crippen LogP contribution in [0.4, 0.5) is 0 Å². The van der Waals surface area contributed by atoms with Gasteiger partial charge < -0.3 is 4.79 Å². The first-order valence-corrected chi connectivity index (χ1v) is 16.8. The SMILES string of the molecule is CC.CC.CC.CCCC(C)C.CCCC=O.CCCCCCCCCCCCCC(C)CC(C)C. The smallest absolute Gasteiger partial charge is 0.119 e. The fourth-order valence-corrected chi connectivity index (χ4v) is 3.77. The summed E-state index contributed by atoms with van der Waals surface area (Å²) in [5.41, 5.74) is 0. The van der Waals surface area contributed by atoms with E-state index in [2.05, 4.69) is 48.5 Å². The molecule has 0 aliphatic heterocycles. The first-order valence-electron chi connectivity index (χ1n) is 16.8. The molecule has 0 aliphatic rings. The van der Waals surface area contributed by atoms with Crippen LogP contribution in [0.25, 0.3) is 0 Å². The van der Waals surface area contributed by atoms with Crippen molar-refractivity contribution >= 4 is 6.29 Å². The molecule has 0 bridgehead atoms. The molecule has 0 spiro atoms. The summed E-state index contributed by atoms with van der Waals surface area (Å²) in [6, 6.07) is 0. The molecule has 0 aliphatic carbocycles. The molecule has 1 nitrogen and oxygen atoms in total. The second kappa shape index (κ2) is 55.3. The lowest BCUT2D eigenvalue weighted by Crippen LogP contribution is -1.99. The van der Waals surface area contributed by atoms with E-state index >= 15 is 0 Å². The summed E-state index contributed by atoms with van der Waals surface area (Å²) in [5, 5.41) is 0. The van der Waals surface area contributed by atoms with Gasteiger partial charge in [0.2, 0.25) is 0 Å². The van der Waals surface area contributed by atoms with Crippen molar-refractivity contribution in [1.29, 1.82) is 0 Å². The first-order chi connectivity index (χ1) is 17.3. The van der Waals surface area contributed by atoms with E-state index in [9.17, 15) is 4.79 Å². The lowest BCUT2D eigenvalue weighted by molar-refractivity contribution is -0.107. The third kappa shape index (κ3) is 76.5. The normalized spacial score (nSPS) is 10.1. The van der Waals surface area contributed by atoms with Crippen LogP contribution in [-0.4, -0.2) is 6.29 Å². The summed E-state index contributed by atoms with van der Waals surface area (Å²) in [7, 11) is 0. The molecule has 0 aromatic carbocycles. The van der Waals surface area contributed by atoms with Crippen LogP contribution in [0.1, 0.15) is 206 Å². The highest BCUT2D eigenvalue weighted by Gasteiger charge is 2.04. The maximum absolute atomic E-state index is 9.40. The van der Waals surface area contributed by atoms with E-state index in [1.807, 2.05) is 48.5 Å². The van der Waals surface area contributed by atoms with Crippen LogP contribution in [-0.2, 0) is 4.79 Å². The Bertz CT molecular complexity index is 282. The predicted octanol–water partition coefficient (Wildman–Crippen LogP) is 13.9. The van der Waals surface area contributed by atoms with E-state index in [-0.39, 0.29) is 0 Å². The van der Waals surface area contributed by atoms with Crippen molar-refractivity contribution in [2.75, 3.05) is 0 Å². The van der Waals surface area contributed by atoms with Crippen LogP contribution >= 0.6 is 0 Å². The van der Waals surface area contributed by atoms with Crippen LogP contribution in [0, 0.1) is 17.8 Å². The molecule has 0 rings (SSSR count). The minimum absolute atomic E-state index is 0.708. The van der Waals surface area contributed by atoms with Crippen LogP contribution in [0.5, 0.6) is 0 Å². The molecule has 0 aromatic rings. The second-order valence-electron chi connectivity index (χ2n) is 10.2. The number of carbonyl (C=O) groups is 1. The van der Waals surface area contributed by atoms with Gasteiger partial charge in [0.15, 0.2) is 0 Å². The molecular formula is C35H80O. The van der Waals surface area contributed by atoms with Crippen molar-refractivity contribution in [1.82, 2.24) is 0 Å². The van der Waals surface area contributed by atoms with E-state index < -0.39 is 0 Å². The molecule has 0 amide bonds. The van der Waals surface area contributed by atoms with Gasteiger partial charge >= 0.3 is 0 Å². The molecule has 36 heavy (non-hydrogen) atoms. The monoisotopic (exact) mass is 517 g/mol. The third-order valence-corrected chi connectivity index (χ3v) is 5.45. The Morgan fingerprint density at radius 3 is 1.08 bits per heavy atom. The molecule has 1 atom stereocenters. The molecule has 1 unspecified atom stereocenters. The van der Waals surface area contributed by atoms with Crippen molar-refractivity contribution in [3.05, 3.63) is 0 Å². The number of carbonyl (C=O) groups excluding carboxylic acids is 1. The lowest BCUT2D eigenvalue weighted by Gasteiger charge is -2.13. The molecule has 0 fully saturated rings. The fraction of sp³-hybridized carbons (Fsp3) is 0.971. The molecule has 0 saturated heterocycles. The Hall–Kier alpha value is -0.330. The largest absolute Gasteiger partial charge is 0.303 e. The Balaban J connectivity index is -0.000000108. The van der Waals surface area contributed by atoms with Gasteiger partial charge in [-0.25, -0.2) is 0 Å². The van der Waals surface area contributed by atoms with Crippen LogP contribution in [0.3, 0.4) is 0 Å². The van der Waals surface area contributed by atoms with Gasteiger partial charge in [-0.2, -0.15) is 0 Å². The molecular weight excluding hydrogens is 436 g/mol. The molecule has 0 saturated carbocycles. The summed E-state index contributed by atoms with van der Waals surface area (Å²) < 4.78 is 0. The molecule has 0 radical (unpaired) electrons. The topological polar surface area (TPSA) is 17.1 Å². The van der Waals surface area contributed by atoms with Crippen LogP contribution < -0.4 is 0 Å². The van der Waals surface area contributed by atoms with Crippen molar-refractivity contribution in [2.45, 2.75) is 206 Å². The number of aldehydes is 1. The summed E-state index contributed by atoms with van der Waals surface area (Å²) in [4.78, 5) is 9.40. The Labute approximate surface area is 234 Å². The highest BCUT2D eigenvalue weighted by atomic mass is 16.1. The maximum Gasteiger partial charge on any atom is 0.119 e. The standard InChI is InChI=1S/C19H40.C6H14.C4H8O.3C2H6/c1-5-6-7-8-9-10-11-12-13-14-15-16-19(4)17-18(2)3;1-4-5-6(2)3;1-2-3-4-5;3*1-2/h18-19H,5-17H2,1-4H3;6H,4-5H2,1-3H3;4H,2-3H2,1H3;3*1-2H3. The summed E-state index contributed by atoms with van der Waals surface area (Å²) >= 11 is 0. The quantitative estimate of drug-likeness (QED) is 0.131. The van der Waals surface area contributed by atoms with Gasteiger partial charge in [-0.1, -0.05) is 187 Å². The molecule has 0 N–H and O–H groups in total. The van der Waals surface area contributed by atoms with Crippen molar-refractivity contribution < 1.29 is 4.79 Å². The Kier molecular flexibility index (Phi) is 74.8. The predicted molar refractivity (Wildman–Crippen MR) is 174 cm³/mol. The Morgan fingerprint density at radius 1 is 0.472 bits per heavy atom. The van der Waals surface area contributed by atoms with Gasteiger partial charge in [0.05, 0.1) is 0 Å². The third-order valence-electron chi connectivity index (χ3n) is 5.45. The minimum Gasteiger partial charge on any atom is -0.303 e. The number of rotatable bonds is 18. The highest BCUT2D eigenvalue weighted by Crippen LogP contribution is 2.19. The lowest BCUT2D eigenvalue weighted by atomic mass is 9.93. The van der Waals surface area contributed by atoms with Crippen molar-refractivity contribution in [3.63, 3.8) is 0 Å². The molecule has 1 heteroatoms. The Morgan fingerprint density at radius 2 is 0.861 bits per heavy atom. The van der Waals surface area contributed by atoms with Gasteiger partial charge in [0, 0.05) is 6.42 Å². The summed E-state index contributed by atoms with van der Waals surface area (Å²) in [5.74, 6) is 2.72. The average molecular weight is 517 g/mol. The van der Waals surface area contributed by atoms with E-state index in [0.717, 1.165) is 30.5 Å². The molecule has 0 heterocycles. The summed E-state index contributed by atoms with van der Waals surface area (Å²) in [6.07, 6.45) is 24.3. The zero-order valence-electron chi connectivity index (χ0n) is 28.7. The summed E-state index contributed by atoms with van der Waals surface area (Å²) in [6.45, 7) is 30.1. The van der Waals surface area contributed by atoms with Crippen molar-refractivity contribution in [2.24, 2.45) is 17.8 Å². The zero-order chi connectivity index (χ0) is 29.5. The van der Waals surface area contributed by atoms with Gasteiger partial charge in [0.25, 0.3) is 0 Å². The van der Waals surface area contributed by atoms with Crippen LogP contribution in [0.2, 0.25) is 0 Å². The zero-order valence-corrected chi connectivity index (χ0v) is 28.7. The maximum atomic E-state index is 9.40. The molecule has 226 valence electrons. The molecule has 0 aromatic heterocycles. The second-order valence-corrected chi connectivity index (χ2v) is 10.2. The van der Waals surface area contributed by atoms with Crippen LogP contribution in [0.15, 0.2) is 0 Å². The minimum atomic E-state index is 0.708. The highest BCUT2D eigenvalue weighted by molar-refractivity contribution is 5.48. The van der Waals surface area contributed by atoms with Crippen molar-refractivity contribution in [3.8, 4) is 0 Å². The number of hydrogen-bond donors (Lipinski definition) is 0. The number of hydrogen-bond acceptors (Lipinski definition) is 1. The van der Waals surface area contributed by atoms with E-state index in [0.29, 0.717) is 6.42 Å². The van der Waals surface area contributed by atoms with E-state index in [1.54, 1.807) is 0 Å². The average Bonchev–Trinajstić information content (AvgIpc) is 2.87. The van der Waals surface area contributed by atoms with E-state index in [1.165, 1.54) is 96.3 Å². The van der Waals surface area contributed by atoms with E-state index in [4.69, 9.17) is 0 Å². The van der Waals surface area contributed by atoms with Gasteiger partial charge in [-0.15, -0.1) is 0 Å². The number of unbranched alkanes of at least 4 members (excludes halogenated alkanes) is 11. The van der Waals surface area contributed by atoms with Gasteiger partial charge in [0.1, 0.15) is 6.29 Å². The van der Waals surface area contributed by atoms with Gasteiger partial charge in [-0.05, 0) is 30.6 Å². The van der Waals surface area contributed by atoms with Gasteiger partial charge in [-0.3, -0.25) is 0 Å². The fourth-order valence-electron chi connectivity index (χ4n) is 3.77. The first kappa shape index (κ1) is 48.7.